The van der Waals surface area contributed by atoms with E-state index in [1.165, 1.54) is 6.07 Å². The van der Waals surface area contributed by atoms with Crippen molar-refractivity contribution >= 4 is 36.4 Å². The van der Waals surface area contributed by atoms with Crippen LogP contribution < -0.4 is 15.5 Å². The summed E-state index contributed by atoms with van der Waals surface area (Å²) in [7, 11) is 0. The first-order chi connectivity index (χ1) is 10.2. The van der Waals surface area contributed by atoms with Crippen LogP contribution in [0.5, 0.6) is 0 Å². The summed E-state index contributed by atoms with van der Waals surface area (Å²) in [6, 6.07) is 4.96. The van der Waals surface area contributed by atoms with Crippen LogP contribution >= 0.6 is 24.8 Å². The van der Waals surface area contributed by atoms with E-state index < -0.39 is 0 Å². The SMILES string of the molecule is Cl.Cl.O=C(N[C@H]1CCCNC1)c1ccc(N2CCCC2)c(F)c1. The van der Waals surface area contributed by atoms with Gasteiger partial charge in [0.2, 0.25) is 0 Å². The molecular weight excluding hydrogens is 340 g/mol. The van der Waals surface area contributed by atoms with Gasteiger partial charge in [-0.05, 0) is 50.4 Å². The highest BCUT2D eigenvalue weighted by molar-refractivity contribution is 5.94. The van der Waals surface area contributed by atoms with Gasteiger partial charge in [-0.2, -0.15) is 0 Å². The van der Waals surface area contributed by atoms with E-state index in [0.29, 0.717) is 11.3 Å². The van der Waals surface area contributed by atoms with E-state index in [2.05, 4.69) is 10.6 Å². The lowest BCUT2D eigenvalue weighted by Gasteiger charge is -2.24. The Hall–Kier alpha value is -1.04. The van der Waals surface area contributed by atoms with Gasteiger partial charge in [0.05, 0.1) is 5.69 Å². The standard InChI is InChI=1S/C16H22FN3O.2ClH/c17-14-10-12(5-6-15(14)20-8-1-2-9-20)16(21)19-13-4-3-7-18-11-13;;/h5-6,10,13,18H,1-4,7-9,11H2,(H,19,21);2*1H/t13-;;/m0../s1. The third-order valence-electron chi connectivity index (χ3n) is 4.29. The normalized spacial score (nSPS) is 20.4. The lowest BCUT2D eigenvalue weighted by atomic mass is 10.1. The Morgan fingerprint density at radius 1 is 1.22 bits per heavy atom. The Morgan fingerprint density at radius 3 is 2.57 bits per heavy atom. The summed E-state index contributed by atoms with van der Waals surface area (Å²) >= 11 is 0. The van der Waals surface area contributed by atoms with Gasteiger partial charge in [-0.3, -0.25) is 4.79 Å². The molecule has 2 fully saturated rings. The zero-order chi connectivity index (χ0) is 14.7. The molecule has 23 heavy (non-hydrogen) atoms. The second-order valence-electron chi connectivity index (χ2n) is 5.88. The minimum Gasteiger partial charge on any atom is -0.369 e. The van der Waals surface area contributed by atoms with Crippen LogP contribution in [0.3, 0.4) is 0 Å². The molecule has 1 aromatic carbocycles. The maximum atomic E-state index is 14.2. The van der Waals surface area contributed by atoms with E-state index in [9.17, 15) is 9.18 Å². The Kier molecular flexibility index (Phi) is 8.09. The number of benzene rings is 1. The molecule has 0 aliphatic carbocycles. The van der Waals surface area contributed by atoms with Crippen molar-refractivity contribution in [2.45, 2.75) is 31.7 Å². The van der Waals surface area contributed by atoms with E-state index in [4.69, 9.17) is 0 Å². The molecule has 2 N–H and O–H groups in total. The highest BCUT2D eigenvalue weighted by atomic mass is 35.5. The second kappa shape index (κ2) is 9.30. The molecule has 0 aromatic heterocycles. The van der Waals surface area contributed by atoms with Gasteiger partial charge < -0.3 is 15.5 Å². The first-order valence-electron chi connectivity index (χ1n) is 7.80. The fourth-order valence-corrected chi connectivity index (χ4v) is 3.11. The number of piperidine rings is 1. The number of rotatable bonds is 3. The lowest BCUT2D eigenvalue weighted by molar-refractivity contribution is 0.0930. The molecule has 2 heterocycles. The molecule has 0 bridgehead atoms. The van der Waals surface area contributed by atoms with E-state index in [1.807, 2.05) is 4.90 Å². The molecule has 3 rings (SSSR count). The molecule has 7 heteroatoms. The van der Waals surface area contributed by atoms with E-state index >= 15 is 0 Å². The van der Waals surface area contributed by atoms with Crippen molar-refractivity contribution < 1.29 is 9.18 Å². The number of carbonyl (C=O) groups excluding carboxylic acids is 1. The van der Waals surface area contributed by atoms with Crippen molar-refractivity contribution in [2.24, 2.45) is 0 Å². The maximum Gasteiger partial charge on any atom is 0.251 e. The molecule has 130 valence electrons. The number of nitrogens with zero attached hydrogens (tertiary/aromatic N) is 1. The summed E-state index contributed by atoms with van der Waals surface area (Å²) in [6.07, 6.45) is 4.26. The lowest BCUT2D eigenvalue weighted by Crippen LogP contribution is -2.45. The fourth-order valence-electron chi connectivity index (χ4n) is 3.11. The highest BCUT2D eigenvalue weighted by Gasteiger charge is 2.19. The van der Waals surface area contributed by atoms with Crippen LogP contribution in [-0.4, -0.2) is 38.1 Å². The minimum atomic E-state index is -0.300. The molecular formula is C16H24Cl2FN3O. The monoisotopic (exact) mass is 363 g/mol. The van der Waals surface area contributed by atoms with Crippen LogP contribution in [0.2, 0.25) is 0 Å². The Bertz CT molecular complexity index is 518. The highest BCUT2D eigenvalue weighted by Crippen LogP contribution is 2.24. The molecule has 1 amide bonds. The first-order valence-corrected chi connectivity index (χ1v) is 7.80. The van der Waals surface area contributed by atoms with Gasteiger partial charge in [0.1, 0.15) is 5.82 Å². The van der Waals surface area contributed by atoms with Crippen LogP contribution in [0, 0.1) is 5.82 Å². The van der Waals surface area contributed by atoms with Crippen LogP contribution in [0.15, 0.2) is 18.2 Å². The summed E-state index contributed by atoms with van der Waals surface area (Å²) in [5, 5.41) is 6.22. The van der Waals surface area contributed by atoms with Gasteiger partial charge in [-0.25, -0.2) is 4.39 Å². The number of amides is 1. The number of anilines is 1. The zero-order valence-corrected chi connectivity index (χ0v) is 14.6. The number of halogens is 3. The largest absolute Gasteiger partial charge is 0.369 e. The van der Waals surface area contributed by atoms with E-state index in [-0.39, 0.29) is 42.6 Å². The van der Waals surface area contributed by atoms with Crippen LogP contribution in [-0.2, 0) is 0 Å². The Balaban J connectivity index is 0.00000132. The third-order valence-corrected chi connectivity index (χ3v) is 4.29. The van der Waals surface area contributed by atoms with E-state index in [0.717, 1.165) is 51.9 Å². The van der Waals surface area contributed by atoms with Gasteiger partial charge in [-0.15, -0.1) is 24.8 Å². The molecule has 0 radical (unpaired) electrons. The number of hydrogen-bond acceptors (Lipinski definition) is 3. The summed E-state index contributed by atoms with van der Waals surface area (Å²) in [5.74, 6) is -0.484. The van der Waals surface area contributed by atoms with Crippen LogP contribution in [0.4, 0.5) is 10.1 Å². The summed E-state index contributed by atoms with van der Waals surface area (Å²) in [5.41, 5.74) is 1.02. The van der Waals surface area contributed by atoms with Crippen molar-refractivity contribution in [3.8, 4) is 0 Å². The quantitative estimate of drug-likeness (QED) is 0.867. The van der Waals surface area contributed by atoms with Gasteiger partial charge in [0.25, 0.3) is 5.91 Å². The summed E-state index contributed by atoms with van der Waals surface area (Å²) < 4.78 is 14.2. The molecule has 1 aromatic rings. The van der Waals surface area contributed by atoms with Gasteiger partial charge in [0, 0.05) is 31.2 Å². The Labute approximate surface area is 149 Å². The average molecular weight is 364 g/mol. The maximum absolute atomic E-state index is 14.2. The molecule has 2 aliphatic rings. The molecule has 4 nitrogen and oxygen atoms in total. The number of hydrogen-bond donors (Lipinski definition) is 2. The second-order valence-corrected chi connectivity index (χ2v) is 5.88. The average Bonchev–Trinajstić information content (AvgIpc) is 3.02. The van der Waals surface area contributed by atoms with E-state index in [1.54, 1.807) is 12.1 Å². The third kappa shape index (κ3) is 4.96. The topological polar surface area (TPSA) is 44.4 Å². The van der Waals surface area contributed by atoms with Crippen LogP contribution in [0.25, 0.3) is 0 Å². The molecule has 2 saturated heterocycles. The fraction of sp³-hybridized carbons (Fsp3) is 0.562. The number of nitrogens with one attached hydrogen (secondary N) is 2. The van der Waals surface area contributed by atoms with Crippen molar-refractivity contribution in [3.05, 3.63) is 29.6 Å². The predicted molar refractivity (Wildman–Crippen MR) is 95.7 cm³/mol. The number of carbonyl (C=O) groups is 1. The smallest absolute Gasteiger partial charge is 0.251 e. The molecule has 0 spiro atoms. The van der Waals surface area contributed by atoms with Crippen molar-refractivity contribution in [1.82, 2.24) is 10.6 Å². The first kappa shape index (κ1) is 20.0. The van der Waals surface area contributed by atoms with Crippen molar-refractivity contribution in [3.63, 3.8) is 0 Å². The van der Waals surface area contributed by atoms with Gasteiger partial charge in [0.15, 0.2) is 0 Å². The summed E-state index contributed by atoms with van der Waals surface area (Å²) in [4.78, 5) is 14.2. The van der Waals surface area contributed by atoms with Gasteiger partial charge in [-0.1, -0.05) is 0 Å². The van der Waals surface area contributed by atoms with Crippen molar-refractivity contribution in [2.75, 3.05) is 31.1 Å². The zero-order valence-electron chi connectivity index (χ0n) is 13.0. The predicted octanol–water partition coefficient (Wildman–Crippen LogP) is 2.75. The molecule has 0 unspecified atom stereocenters. The van der Waals surface area contributed by atoms with Gasteiger partial charge >= 0.3 is 0 Å². The minimum absolute atomic E-state index is 0. The van der Waals surface area contributed by atoms with Crippen LogP contribution in [0.1, 0.15) is 36.0 Å². The molecule has 1 atom stereocenters. The molecule has 2 aliphatic heterocycles. The summed E-state index contributed by atoms with van der Waals surface area (Å²) in [6.45, 7) is 3.60. The van der Waals surface area contributed by atoms with Crippen molar-refractivity contribution in [1.29, 1.82) is 0 Å². The Morgan fingerprint density at radius 2 is 1.96 bits per heavy atom. The molecule has 0 saturated carbocycles.